The molecule has 0 aromatic carbocycles. The lowest BCUT2D eigenvalue weighted by atomic mass is 10.0. The fraction of sp³-hybridized carbons (Fsp3) is 0.733. The molecule has 23 heavy (non-hydrogen) atoms. The summed E-state index contributed by atoms with van der Waals surface area (Å²) in [5.41, 5.74) is 0. The molecule has 2 aliphatic heterocycles. The Labute approximate surface area is 137 Å². The molecule has 2 aliphatic rings. The van der Waals surface area contributed by atoms with Gasteiger partial charge in [-0.05, 0) is 19.8 Å². The minimum atomic E-state index is -2.80. The zero-order valence-corrected chi connectivity index (χ0v) is 14.3. The molecule has 8 heteroatoms. The molecular weight excluding hydrogens is 316 g/mol. The van der Waals surface area contributed by atoms with Crippen LogP contribution in [-0.2, 0) is 9.84 Å². The zero-order valence-electron chi connectivity index (χ0n) is 13.5. The second-order valence-corrected chi connectivity index (χ2v) is 8.34. The highest BCUT2D eigenvalue weighted by Crippen LogP contribution is 2.22. The van der Waals surface area contributed by atoms with Gasteiger partial charge in [-0.15, -0.1) is 0 Å². The molecule has 2 saturated heterocycles. The number of nitrogens with zero attached hydrogens (tertiary/aromatic N) is 4. The topological polar surface area (TPSA) is 75.6 Å². The van der Waals surface area contributed by atoms with Gasteiger partial charge in [-0.2, -0.15) is 4.98 Å². The van der Waals surface area contributed by atoms with Crippen molar-refractivity contribution in [3.05, 3.63) is 12.3 Å². The maximum absolute atomic E-state index is 11.5. The summed E-state index contributed by atoms with van der Waals surface area (Å²) >= 11 is 0. The molecule has 0 atom stereocenters. The van der Waals surface area contributed by atoms with E-state index in [1.54, 1.807) is 12.3 Å². The van der Waals surface area contributed by atoms with E-state index in [-0.39, 0.29) is 0 Å². The van der Waals surface area contributed by atoms with E-state index in [9.17, 15) is 8.42 Å². The van der Waals surface area contributed by atoms with Crippen LogP contribution in [0.3, 0.4) is 0 Å². The summed E-state index contributed by atoms with van der Waals surface area (Å²) in [7, 11) is -2.80. The van der Waals surface area contributed by atoms with Gasteiger partial charge >= 0.3 is 0 Å². The van der Waals surface area contributed by atoms with Crippen LogP contribution >= 0.6 is 0 Å². The highest BCUT2D eigenvalue weighted by Gasteiger charge is 2.30. The van der Waals surface area contributed by atoms with E-state index < -0.39 is 9.84 Å². The van der Waals surface area contributed by atoms with Gasteiger partial charge in [0.1, 0.15) is 0 Å². The van der Waals surface area contributed by atoms with E-state index in [1.807, 2.05) is 6.92 Å². The van der Waals surface area contributed by atoms with Crippen LogP contribution in [0.4, 0.5) is 5.95 Å². The van der Waals surface area contributed by atoms with Crippen LogP contribution in [-0.4, -0.2) is 73.6 Å². The highest BCUT2D eigenvalue weighted by atomic mass is 32.2. The molecule has 0 aliphatic carbocycles. The molecule has 0 amide bonds. The van der Waals surface area contributed by atoms with E-state index in [2.05, 4.69) is 19.8 Å². The first-order chi connectivity index (χ1) is 11.1. The van der Waals surface area contributed by atoms with Gasteiger partial charge in [0.25, 0.3) is 0 Å². The van der Waals surface area contributed by atoms with Crippen molar-refractivity contribution in [3.8, 4) is 5.88 Å². The molecule has 1 aromatic heterocycles. The highest BCUT2D eigenvalue weighted by molar-refractivity contribution is 7.91. The first-order valence-corrected chi connectivity index (χ1v) is 10.0. The van der Waals surface area contributed by atoms with Gasteiger partial charge in [-0.25, -0.2) is 13.4 Å². The Hall–Kier alpha value is -1.41. The van der Waals surface area contributed by atoms with Crippen LogP contribution in [0.2, 0.25) is 0 Å². The van der Waals surface area contributed by atoms with E-state index in [0.29, 0.717) is 43.1 Å². The van der Waals surface area contributed by atoms with Crippen molar-refractivity contribution in [2.24, 2.45) is 0 Å². The number of aromatic nitrogens is 2. The van der Waals surface area contributed by atoms with Gasteiger partial charge in [-0.3, -0.25) is 4.90 Å². The normalized spacial score (nSPS) is 22.9. The Kier molecular flexibility index (Phi) is 5.01. The monoisotopic (exact) mass is 340 g/mol. The van der Waals surface area contributed by atoms with Crippen LogP contribution in [0.5, 0.6) is 5.88 Å². The molecule has 3 rings (SSSR count). The standard InChI is InChI=1S/C15H24N4O3S/c1-2-22-14-3-6-16-15(17-14)19-7-4-13(5-8-19)18-9-11-23(20,21)12-10-18/h3,6,13H,2,4-5,7-12H2,1H3. The van der Waals surface area contributed by atoms with Crippen molar-refractivity contribution in [2.45, 2.75) is 25.8 Å². The molecule has 0 radical (unpaired) electrons. The first-order valence-electron chi connectivity index (χ1n) is 8.22. The van der Waals surface area contributed by atoms with Crippen molar-refractivity contribution >= 4 is 15.8 Å². The molecule has 0 N–H and O–H groups in total. The van der Waals surface area contributed by atoms with Crippen molar-refractivity contribution < 1.29 is 13.2 Å². The predicted molar refractivity (Wildman–Crippen MR) is 88.7 cm³/mol. The second kappa shape index (κ2) is 7.00. The first kappa shape index (κ1) is 16.4. The third-order valence-corrected chi connectivity index (χ3v) is 6.16. The molecular formula is C15H24N4O3S. The Morgan fingerprint density at radius 3 is 2.57 bits per heavy atom. The molecule has 3 heterocycles. The number of piperidine rings is 1. The summed E-state index contributed by atoms with van der Waals surface area (Å²) in [5, 5.41) is 0. The van der Waals surface area contributed by atoms with Crippen LogP contribution < -0.4 is 9.64 Å². The number of hydrogen-bond acceptors (Lipinski definition) is 7. The van der Waals surface area contributed by atoms with Crippen LogP contribution in [0.15, 0.2) is 12.3 Å². The third kappa shape index (κ3) is 4.11. The maximum Gasteiger partial charge on any atom is 0.228 e. The Balaban J connectivity index is 1.55. The zero-order chi connectivity index (χ0) is 16.3. The number of anilines is 1. The Bertz CT molecular complexity index is 615. The Morgan fingerprint density at radius 2 is 1.91 bits per heavy atom. The average Bonchev–Trinajstić information content (AvgIpc) is 2.56. The molecule has 0 bridgehead atoms. The maximum atomic E-state index is 11.5. The minimum Gasteiger partial charge on any atom is -0.478 e. The lowest BCUT2D eigenvalue weighted by Crippen LogP contribution is -2.50. The predicted octanol–water partition coefficient (Wildman–Crippen LogP) is 0.575. The van der Waals surface area contributed by atoms with E-state index in [4.69, 9.17) is 4.74 Å². The number of hydrogen-bond donors (Lipinski definition) is 0. The lowest BCUT2D eigenvalue weighted by Gasteiger charge is -2.40. The van der Waals surface area contributed by atoms with E-state index >= 15 is 0 Å². The molecule has 0 unspecified atom stereocenters. The van der Waals surface area contributed by atoms with Crippen molar-refractivity contribution in [1.29, 1.82) is 0 Å². The van der Waals surface area contributed by atoms with Crippen molar-refractivity contribution in [2.75, 3.05) is 49.2 Å². The van der Waals surface area contributed by atoms with Gasteiger partial charge < -0.3 is 9.64 Å². The van der Waals surface area contributed by atoms with Crippen molar-refractivity contribution in [1.82, 2.24) is 14.9 Å². The number of sulfone groups is 1. The SMILES string of the molecule is CCOc1ccnc(N2CCC(N3CCS(=O)(=O)CC3)CC2)n1. The molecule has 7 nitrogen and oxygen atoms in total. The fourth-order valence-corrected chi connectivity index (χ4v) is 4.47. The minimum absolute atomic E-state index is 0.298. The van der Waals surface area contributed by atoms with Gasteiger partial charge in [0.15, 0.2) is 9.84 Å². The largest absolute Gasteiger partial charge is 0.478 e. The molecule has 0 saturated carbocycles. The molecule has 128 valence electrons. The van der Waals surface area contributed by atoms with Gasteiger partial charge in [-0.1, -0.05) is 0 Å². The summed E-state index contributed by atoms with van der Waals surface area (Å²) in [4.78, 5) is 13.3. The summed E-state index contributed by atoms with van der Waals surface area (Å²) in [6.07, 6.45) is 3.76. The van der Waals surface area contributed by atoms with Gasteiger partial charge in [0.2, 0.25) is 11.8 Å². The summed E-state index contributed by atoms with van der Waals surface area (Å²) in [5.74, 6) is 1.93. The summed E-state index contributed by atoms with van der Waals surface area (Å²) in [6, 6.07) is 2.24. The lowest BCUT2D eigenvalue weighted by molar-refractivity contribution is 0.182. The summed E-state index contributed by atoms with van der Waals surface area (Å²) in [6.45, 7) is 5.65. The van der Waals surface area contributed by atoms with Gasteiger partial charge in [0, 0.05) is 44.5 Å². The number of ether oxygens (including phenoxy) is 1. The molecule has 2 fully saturated rings. The third-order valence-electron chi connectivity index (χ3n) is 4.55. The quantitative estimate of drug-likeness (QED) is 0.793. The smallest absolute Gasteiger partial charge is 0.228 e. The van der Waals surface area contributed by atoms with Crippen molar-refractivity contribution in [3.63, 3.8) is 0 Å². The van der Waals surface area contributed by atoms with Crippen LogP contribution in [0.1, 0.15) is 19.8 Å². The van der Waals surface area contributed by atoms with E-state index in [0.717, 1.165) is 31.9 Å². The molecule has 0 spiro atoms. The summed E-state index contributed by atoms with van der Waals surface area (Å²) < 4.78 is 28.5. The average molecular weight is 340 g/mol. The van der Waals surface area contributed by atoms with Crippen LogP contribution in [0, 0.1) is 0 Å². The molecule has 1 aromatic rings. The van der Waals surface area contributed by atoms with Gasteiger partial charge in [0.05, 0.1) is 18.1 Å². The van der Waals surface area contributed by atoms with E-state index in [1.165, 1.54) is 0 Å². The second-order valence-electron chi connectivity index (χ2n) is 6.03. The number of rotatable bonds is 4. The fourth-order valence-electron chi connectivity index (χ4n) is 3.24. The Morgan fingerprint density at radius 1 is 1.22 bits per heavy atom. The van der Waals surface area contributed by atoms with Crippen LogP contribution in [0.25, 0.3) is 0 Å².